The predicted molar refractivity (Wildman–Crippen MR) is 78.1 cm³/mol. The van der Waals surface area contributed by atoms with E-state index in [2.05, 4.69) is 11.7 Å². The fourth-order valence-electron chi connectivity index (χ4n) is 4.30. The van der Waals surface area contributed by atoms with E-state index >= 15 is 0 Å². The van der Waals surface area contributed by atoms with Crippen LogP contribution in [-0.2, 0) is 4.74 Å². The fraction of sp³-hybridized carbons (Fsp3) is 1.00. The fourth-order valence-corrected chi connectivity index (χ4v) is 4.30. The van der Waals surface area contributed by atoms with Crippen LogP contribution in [0.2, 0.25) is 0 Å². The highest BCUT2D eigenvalue weighted by molar-refractivity contribution is 4.82. The third-order valence-corrected chi connectivity index (χ3v) is 5.54. The van der Waals surface area contributed by atoms with Crippen LogP contribution < -0.4 is 0 Å². The number of halogens is 4. The van der Waals surface area contributed by atoms with E-state index in [0.717, 1.165) is 24.7 Å². The van der Waals surface area contributed by atoms with E-state index in [1.165, 1.54) is 38.5 Å². The second-order valence-corrected chi connectivity index (χ2v) is 7.10. The molecule has 2 aliphatic carbocycles. The van der Waals surface area contributed by atoms with Gasteiger partial charge in [0.2, 0.25) is 0 Å². The SMILES string of the molecule is CCCC1CCC(C2CCC(OC(F)C(F)(F)F)CC2)CC1. The number of alkyl halides is 4. The van der Waals surface area contributed by atoms with Gasteiger partial charge in [-0.15, -0.1) is 0 Å². The van der Waals surface area contributed by atoms with E-state index in [4.69, 9.17) is 0 Å². The summed E-state index contributed by atoms with van der Waals surface area (Å²) in [6.07, 6.45) is 2.01. The van der Waals surface area contributed by atoms with Crippen LogP contribution in [0.5, 0.6) is 0 Å². The van der Waals surface area contributed by atoms with Crippen molar-refractivity contribution in [3.63, 3.8) is 0 Å². The number of hydrogen-bond acceptors (Lipinski definition) is 1. The first kappa shape index (κ1) is 18.0. The molecule has 0 aromatic heterocycles. The molecule has 0 saturated heterocycles. The minimum atomic E-state index is -4.89. The van der Waals surface area contributed by atoms with Crippen molar-refractivity contribution in [1.29, 1.82) is 0 Å². The Kier molecular flexibility index (Phi) is 6.54. The summed E-state index contributed by atoms with van der Waals surface area (Å²) < 4.78 is 54.0. The summed E-state index contributed by atoms with van der Waals surface area (Å²) in [5.41, 5.74) is 0. The molecule has 5 heteroatoms. The third kappa shape index (κ3) is 5.10. The molecule has 0 aromatic carbocycles. The molecule has 2 aliphatic rings. The quantitative estimate of drug-likeness (QED) is 0.561. The topological polar surface area (TPSA) is 9.23 Å². The molecule has 130 valence electrons. The highest BCUT2D eigenvalue weighted by Crippen LogP contribution is 2.42. The summed E-state index contributed by atoms with van der Waals surface area (Å²) in [5, 5.41) is 0. The Morgan fingerprint density at radius 3 is 1.86 bits per heavy atom. The van der Waals surface area contributed by atoms with Crippen LogP contribution >= 0.6 is 0 Å². The molecule has 0 amide bonds. The average molecular weight is 324 g/mol. The molecule has 22 heavy (non-hydrogen) atoms. The number of hydrogen-bond donors (Lipinski definition) is 0. The molecule has 1 unspecified atom stereocenters. The summed E-state index contributed by atoms with van der Waals surface area (Å²) >= 11 is 0. The molecule has 1 nitrogen and oxygen atoms in total. The Bertz CT molecular complexity index is 315. The lowest BCUT2D eigenvalue weighted by atomic mass is 9.70. The molecule has 0 spiro atoms. The summed E-state index contributed by atoms with van der Waals surface area (Å²) in [5.74, 6) is 2.20. The smallest absolute Gasteiger partial charge is 0.338 e. The maximum atomic E-state index is 12.9. The molecule has 0 bridgehead atoms. The molecule has 0 aromatic rings. The Balaban J connectivity index is 1.69. The molecule has 0 aliphatic heterocycles. The van der Waals surface area contributed by atoms with E-state index in [-0.39, 0.29) is 0 Å². The maximum Gasteiger partial charge on any atom is 0.445 e. The van der Waals surface area contributed by atoms with Gasteiger partial charge in [0.25, 0.3) is 6.36 Å². The van der Waals surface area contributed by atoms with Gasteiger partial charge in [0.05, 0.1) is 6.10 Å². The molecule has 0 radical (unpaired) electrons. The van der Waals surface area contributed by atoms with Gasteiger partial charge < -0.3 is 4.74 Å². The lowest BCUT2D eigenvalue weighted by molar-refractivity contribution is -0.280. The van der Waals surface area contributed by atoms with Crippen LogP contribution in [0.15, 0.2) is 0 Å². The van der Waals surface area contributed by atoms with Gasteiger partial charge in [-0.1, -0.05) is 32.6 Å². The van der Waals surface area contributed by atoms with Crippen molar-refractivity contribution in [1.82, 2.24) is 0 Å². The van der Waals surface area contributed by atoms with Crippen LogP contribution in [-0.4, -0.2) is 18.6 Å². The molecular formula is C17H28F4O. The van der Waals surface area contributed by atoms with Crippen molar-refractivity contribution in [2.45, 2.75) is 89.8 Å². The van der Waals surface area contributed by atoms with Crippen molar-refractivity contribution in [3.8, 4) is 0 Å². The number of rotatable bonds is 5. The summed E-state index contributed by atoms with van der Waals surface area (Å²) in [4.78, 5) is 0. The average Bonchev–Trinajstić information content (AvgIpc) is 2.48. The summed E-state index contributed by atoms with van der Waals surface area (Å²) in [6, 6.07) is 0. The van der Waals surface area contributed by atoms with E-state index < -0.39 is 18.6 Å². The maximum absolute atomic E-state index is 12.9. The van der Waals surface area contributed by atoms with Gasteiger partial charge >= 0.3 is 6.18 Å². The van der Waals surface area contributed by atoms with Gasteiger partial charge in [0.15, 0.2) is 0 Å². The Morgan fingerprint density at radius 2 is 1.41 bits per heavy atom. The standard InChI is InChI=1S/C17H28F4O/c1-2-3-12-4-6-13(7-5-12)14-8-10-15(11-9-14)22-16(18)17(19,20)21/h12-16H,2-11H2,1H3. The monoisotopic (exact) mass is 324 g/mol. The first-order chi connectivity index (χ1) is 10.4. The Morgan fingerprint density at radius 1 is 0.909 bits per heavy atom. The summed E-state index contributed by atoms with van der Waals surface area (Å²) in [7, 11) is 0. The van der Waals surface area contributed by atoms with E-state index in [1.807, 2.05) is 0 Å². The van der Waals surface area contributed by atoms with Crippen molar-refractivity contribution < 1.29 is 22.3 Å². The van der Waals surface area contributed by atoms with Gasteiger partial charge in [0.1, 0.15) is 0 Å². The zero-order valence-electron chi connectivity index (χ0n) is 13.4. The van der Waals surface area contributed by atoms with Crippen molar-refractivity contribution in [2.75, 3.05) is 0 Å². The second kappa shape index (κ2) is 7.98. The molecule has 1 atom stereocenters. The van der Waals surface area contributed by atoms with Crippen LogP contribution in [0.3, 0.4) is 0 Å². The zero-order chi connectivity index (χ0) is 16.2. The normalized spacial score (nSPS) is 35.3. The molecular weight excluding hydrogens is 296 g/mol. The molecule has 2 rings (SSSR count). The third-order valence-electron chi connectivity index (χ3n) is 5.54. The van der Waals surface area contributed by atoms with Crippen molar-refractivity contribution >= 4 is 0 Å². The van der Waals surface area contributed by atoms with E-state index in [9.17, 15) is 17.6 Å². The van der Waals surface area contributed by atoms with Crippen molar-refractivity contribution in [3.05, 3.63) is 0 Å². The molecule has 2 fully saturated rings. The zero-order valence-corrected chi connectivity index (χ0v) is 13.4. The Labute approximate surface area is 130 Å². The Hall–Kier alpha value is -0.320. The second-order valence-electron chi connectivity index (χ2n) is 7.10. The highest BCUT2D eigenvalue weighted by Gasteiger charge is 2.43. The van der Waals surface area contributed by atoms with Gasteiger partial charge in [-0.2, -0.15) is 13.2 Å². The highest BCUT2D eigenvalue weighted by atomic mass is 19.4. The first-order valence-corrected chi connectivity index (χ1v) is 8.76. The molecule has 0 N–H and O–H groups in total. The molecule has 2 saturated carbocycles. The van der Waals surface area contributed by atoms with Crippen LogP contribution in [0, 0.1) is 17.8 Å². The molecule has 0 heterocycles. The van der Waals surface area contributed by atoms with Gasteiger partial charge in [-0.25, -0.2) is 4.39 Å². The minimum Gasteiger partial charge on any atom is -0.338 e. The minimum absolute atomic E-state index is 0.565. The van der Waals surface area contributed by atoms with Crippen molar-refractivity contribution in [2.24, 2.45) is 17.8 Å². The van der Waals surface area contributed by atoms with Crippen LogP contribution in [0.25, 0.3) is 0 Å². The van der Waals surface area contributed by atoms with E-state index in [1.54, 1.807) is 0 Å². The van der Waals surface area contributed by atoms with Crippen LogP contribution in [0.1, 0.15) is 71.1 Å². The lowest BCUT2D eigenvalue weighted by Gasteiger charge is -2.38. The van der Waals surface area contributed by atoms with Gasteiger partial charge in [-0.3, -0.25) is 0 Å². The van der Waals surface area contributed by atoms with Gasteiger partial charge in [0, 0.05) is 0 Å². The number of ether oxygens (including phenoxy) is 1. The summed E-state index contributed by atoms with van der Waals surface area (Å²) in [6.45, 7) is 2.23. The lowest BCUT2D eigenvalue weighted by Crippen LogP contribution is -2.35. The predicted octanol–water partition coefficient (Wildman–Crippen LogP) is 6.03. The largest absolute Gasteiger partial charge is 0.445 e. The van der Waals surface area contributed by atoms with Gasteiger partial charge in [-0.05, 0) is 56.3 Å². The van der Waals surface area contributed by atoms with Crippen LogP contribution in [0.4, 0.5) is 17.6 Å². The first-order valence-electron chi connectivity index (χ1n) is 8.76. The van der Waals surface area contributed by atoms with E-state index in [0.29, 0.717) is 18.8 Å².